The molecule has 0 bridgehead atoms. The number of ketones is 1. The normalized spacial score (nSPS) is 21.7. The zero-order valence-electron chi connectivity index (χ0n) is 14.4. The summed E-state index contributed by atoms with van der Waals surface area (Å²) in [6.45, 7) is 4.34. The molecule has 3 aliphatic rings. The second-order valence-corrected chi connectivity index (χ2v) is 7.75. The Morgan fingerprint density at radius 2 is 1.96 bits per heavy atom. The Morgan fingerprint density at radius 3 is 2.77 bits per heavy atom. The maximum Gasteiger partial charge on any atom is 0.300 e. The topological polar surface area (TPSA) is 59.1 Å². The number of carbonyl (C=O) groups excluding carboxylic acids is 2. The van der Waals surface area contributed by atoms with Crippen LogP contribution in [0.5, 0.6) is 11.5 Å². The maximum atomic E-state index is 12.6. The van der Waals surface area contributed by atoms with Gasteiger partial charge < -0.3 is 9.47 Å². The van der Waals surface area contributed by atoms with E-state index in [1.165, 1.54) is 10.4 Å². The van der Waals surface area contributed by atoms with Gasteiger partial charge in [-0.1, -0.05) is 0 Å². The number of Topliss-reactive ketones (excluding diaryl/α,β-unsaturated/α-hetero) is 1. The number of hydrogen-bond donors (Lipinski definition) is 0. The number of rotatable bonds is 2. The molecule has 1 atom stereocenters. The van der Waals surface area contributed by atoms with E-state index in [-0.39, 0.29) is 6.04 Å². The van der Waals surface area contributed by atoms with Gasteiger partial charge in [-0.25, -0.2) is 0 Å². The fraction of sp³-hybridized carbons (Fsp3) is 0.368. The first kappa shape index (κ1) is 15.8. The Kier molecular flexibility index (Phi) is 3.55. The van der Waals surface area contributed by atoms with Crippen LogP contribution in [-0.4, -0.2) is 43.0 Å². The van der Waals surface area contributed by atoms with Crippen molar-refractivity contribution in [3.8, 4) is 11.5 Å². The molecule has 0 radical (unpaired) electrons. The third-order valence-electron chi connectivity index (χ3n) is 5.36. The van der Waals surface area contributed by atoms with Crippen molar-refractivity contribution in [1.29, 1.82) is 0 Å². The van der Waals surface area contributed by atoms with Crippen LogP contribution in [0.1, 0.15) is 33.8 Å². The van der Waals surface area contributed by atoms with E-state index in [0.717, 1.165) is 13.0 Å². The van der Waals surface area contributed by atoms with E-state index in [1.807, 2.05) is 0 Å². The number of nitrogens with zero attached hydrogens (tertiary/aromatic N) is 2. The minimum absolute atomic E-state index is 0.217. The van der Waals surface area contributed by atoms with Crippen LogP contribution >= 0.6 is 11.3 Å². The molecule has 134 valence electrons. The van der Waals surface area contributed by atoms with Crippen molar-refractivity contribution in [2.24, 2.45) is 0 Å². The molecule has 0 saturated heterocycles. The molecule has 0 N–H and O–H groups in total. The van der Waals surface area contributed by atoms with E-state index in [1.54, 1.807) is 28.4 Å². The summed E-state index contributed by atoms with van der Waals surface area (Å²) in [7, 11) is 0. The average molecular weight is 370 g/mol. The summed E-state index contributed by atoms with van der Waals surface area (Å²) >= 11 is 1.79. The smallest absolute Gasteiger partial charge is 0.300 e. The molecule has 0 spiro atoms. The molecule has 6 nitrogen and oxygen atoms in total. The van der Waals surface area contributed by atoms with E-state index in [9.17, 15) is 9.59 Å². The van der Waals surface area contributed by atoms with Gasteiger partial charge in [0.2, 0.25) is 0 Å². The molecule has 1 aromatic carbocycles. The van der Waals surface area contributed by atoms with Crippen molar-refractivity contribution in [1.82, 2.24) is 4.90 Å². The number of thiophene rings is 1. The molecule has 1 amide bonds. The molecule has 4 heterocycles. The van der Waals surface area contributed by atoms with Gasteiger partial charge in [0.25, 0.3) is 5.78 Å². The number of fused-ring (bicyclic) bond motifs is 3. The van der Waals surface area contributed by atoms with Gasteiger partial charge in [-0.15, -0.1) is 11.3 Å². The average Bonchev–Trinajstić information content (AvgIpc) is 3.22. The lowest BCUT2D eigenvalue weighted by Crippen LogP contribution is -2.44. The van der Waals surface area contributed by atoms with Gasteiger partial charge in [0.15, 0.2) is 11.5 Å². The molecule has 2 aromatic rings. The van der Waals surface area contributed by atoms with Gasteiger partial charge in [-0.05, 0) is 36.4 Å². The van der Waals surface area contributed by atoms with Crippen molar-refractivity contribution in [3.63, 3.8) is 0 Å². The summed E-state index contributed by atoms with van der Waals surface area (Å²) < 4.78 is 11.2. The molecule has 1 aromatic heterocycles. The number of ether oxygens (including phenoxy) is 2. The minimum atomic E-state index is -0.481. The van der Waals surface area contributed by atoms with Crippen LogP contribution in [0.2, 0.25) is 0 Å². The van der Waals surface area contributed by atoms with Crippen LogP contribution in [0.3, 0.4) is 0 Å². The van der Waals surface area contributed by atoms with E-state index < -0.39 is 11.7 Å². The van der Waals surface area contributed by atoms with Crippen LogP contribution in [0.4, 0.5) is 5.69 Å². The first-order valence-corrected chi connectivity index (χ1v) is 9.61. The maximum absolute atomic E-state index is 12.6. The largest absolute Gasteiger partial charge is 0.486 e. The molecule has 3 aliphatic heterocycles. The third kappa shape index (κ3) is 2.27. The summed E-state index contributed by atoms with van der Waals surface area (Å²) in [5, 5.41) is 2.12. The minimum Gasteiger partial charge on any atom is -0.486 e. The standard InChI is InChI=1S/C19H18N2O4S/c1-11-12-3-7-26-17(12)2-4-20(11)10-21-14-9-16-15(24-5-6-25-16)8-13(14)18(22)19(21)23/h3,7-9,11H,2,4-6,10H2,1H3. The summed E-state index contributed by atoms with van der Waals surface area (Å²) in [4.78, 5) is 30.3. The monoisotopic (exact) mass is 370 g/mol. The lowest BCUT2D eigenvalue weighted by molar-refractivity contribution is -0.114. The number of hydrogen-bond acceptors (Lipinski definition) is 6. The van der Waals surface area contributed by atoms with Crippen LogP contribution < -0.4 is 14.4 Å². The summed E-state index contributed by atoms with van der Waals surface area (Å²) in [5.41, 5.74) is 2.34. The van der Waals surface area contributed by atoms with Gasteiger partial charge in [-0.2, -0.15) is 0 Å². The molecular formula is C19H18N2O4S. The van der Waals surface area contributed by atoms with Crippen molar-refractivity contribution >= 4 is 28.7 Å². The molecule has 0 fully saturated rings. The second kappa shape index (κ2) is 5.82. The Bertz CT molecular complexity index is 922. The van der Waals surface area contributed by atoms with Crippen molar-refractivity contribution in [2.45, 2.75) is 19.4 Å². The number of carbonyl (C=O) groups is 2. The second-order valence-electron chi connectivity index (χ2n) is 6.75. The van der Waals surface area contributed by atoms with Crippen LogP contribution in [-0.2, 0) is 11.2 Å². The SMILES string of the molecule is CC1c2ccsc2CCN1CN1C(=O)C(=O)c2cc3c(cc21)OCCO3. The Balaban J connectivity index is 1.47. The first-order chi connectivity index (χ1) is 12.6. The highest BCUT2D eigenvalue weighted by atomic mass is 32.1. The van der Waals surface area contributed by atoms with Crippen LogP contribution in [0.15, 0.2) is 23.6 Å². The van der Waals surface area contributed by atoms with E-state index in [4.69, 9.17) is 9.47 Å². The molecule has 5 rings (SSSR count). The van der Waals surface area contributed by atoms with E-state index in [2.05, 4.69) is 23.3 Å². The van der Waals surface area contributed by atoms with Gasteiger partial charge in [0, 0.05) is 23.5 Å². The van der Waals surface area contributed by atoms with E-state index >= 15 is 0 Å². The highest BCUT2D eigenvalue weighted by Crippen LogP contribution is 2.41. The molecule has 0 saturated carbocycles. The lowest BCUT2D eigenvalue weighted by atomic mass is 10.0. The van der Waals surface area contributed by atoms with Gasteiger partial charge in [-0.3, -0.25) is 19.4 Å². The Labute approximate surface area is 154 Å². The predicted molar refractivity (Wildman–Crippen MR) is 97.3 cm³/mol. The number of amides is 1. The first-order valence-electron chi connectivity index (χ1n) is 8.73. The van der Waals surface area contributed by atoms with Gasteiger partial charge in [0.05, 0.1) is 17.9 Å². The molecule has 0 aliphatic carbocycles. The lowest BCUT2D eigenvalue weighted by Gasteiger charge is -2.36. The molecule has 7 heteroatoms. The molecular weight excluding hydrogens is 352 g/mol. The van der Waals surface area contributed by atoms with Crippen molar-refractivity contribution in [2.75, 3.05) is 31.3 Å². The Hall–Kier alpha value is -2.38. The van der Waals surface area contributed by atoms with Crippen molar-refractivity contribution in [3.05, 3.63) is 39.6 Å². The summed E-state index contributed by atoms with van der Waals surface area (Å²) in [6.07, 6.45) is 0.974. The fourth-order valence-corrected chi connectivity index (χ4v) is 4.87. The van der Waals surface area contributed by atoms with Crippen LogP contribution in [0, 0.1) is 0 Å². The summed E-state index contributed by atoms with van der Waals surface area (Å²) in [5.74, 6) is 0.171. The van der Waals surface area contributed by atoms with Gasteiger partial charge in [0.1, 0.15) is 13.2 Å². The van der Waals surface area contributed by atoms with Crippen LogP contribution in [0.25, 0.3) is 0 Å². The number of benzene rings is 1. The predicted octanol–water partition coefficient (Wildman–Crippen LogP) is 2.63. The highest BCUT2D eigenvalue weighted by Gasteiger charge is 2.39. The third-order valence-corrected chi connectivity index (χ3v) is 6.36. The zero-order valence-corrected chi connectivity index (χ0v) is 15.2. The molecule has 1 unspecified atom stereocenters. The highest BCUT2D eigenvalue weighted by molar-refractivity contribution is 7.10. The number of anilines is 1. The fourth-order valence-electron chi connectivity index (χ4n) is 3.91. The zero-order chi connectivity index (χ0) is 17.8. The quantitative estimate of drug-likeness (QED) is 0.761. The Morgan fingerprint density at radius 1 is 1.19 bits per heavy atom. The van der Waals surface area contributed by atoms with Crippen molar-refractivity contribution < 1.29 is 19.1 Å². The summed E-state index contributed by atoms with van der Waals surface area (Å²) in [6, 6.07) is 5.77. The van der Waals surface area contributed by atoms with Gasteiger partial charge >= 0.3 is 5.91 Å². The van der Waals surface area contributed by atoms with E-state index in [0.29, 0.717) is 42.6 Å². The molecule has 26 heavy (non-hydrogen) atoms.